The molecule has 0 spiro atoms. The van der Waals surface area contributed by atoms with Crippen molar-refractivity contribution in [2.45, 2.75) is 26.8 Å². The second kappa shape index (κ2) is 5.73. The van der Waals surface area contributed by atoms with Crippen LogP contribution >= 0.6 is 0 Å². The Labute approximate surface area is 85.5 Å². The van der Waals surface area contributed by atoms with Crippen LogP contribution < -0.4 is 5.48 Å². The predicted octanol–water partition coefficient (Wildman–Crippen LogP) is 2.32. The van der Waals surface area contributed by atoms with Crippen LogP contribution in [0.4, 0.5) is 0 Å². The number of nitrogens with one attached hydrogen (secondary N) is 1. The first-order valence-corrected chi connectivity index (χ1v) is 4.97. The fraction of sp³-hybridized carbons (Fsp3) is 0.545. The van der Waals surface area contributed by atoms with Crippen LogP contribution in [0.15, 0.2) is 24.5 Å². The molecule has 1 aromatic heterocycles. The number of hydrogen-bond donors (Lipinski definition) is 1. The Morgan fingerprint density at radius 2 is 1.93 bits per heavy atom. The standard InChI is InChI=1S/C11H18N2O/c1-9(2)8-14-13-10(3)11-4-6-12-7-5-11/h4-7,9-10,13H,8H2,1-3H3. The minimum absolute atomic E-state index is 0.205. The van der Waals surface area contributed by atoms with Crippen LogP contribution in [0.2, 0.25) is 0 Å². The molecule has 0 saturated heterocycles. The Kier molecular flexibility index (Phi) is 4.56. The highest BCUT2D eigenvalue weighted by molar-refractivity contribution is 5.13. The van der Waals surface area contributed by atoms with Gasteiger partial charge in [0.05, 0.1) is 12.6 Å². The Morgan fingerprint density at radius 3 is 2.50 bits per heavy atom. The molecular formula is C11H18N2O. The maximum Gasteiger partial charge on any atom is 0.0705 e. The molecule has 3 nitrogen and oxygen atoms in total. The largest absolute Gasteiger partial charge is 0.301 e. The highest BCUT2D eigenvalue weighted by Crippen LogP contribution is 2.09. The number of hydroxylamine groups is 1. The lowest BCUT2D eigenvalue weighted by atomic mass is 10.1. The van der Waals surface area contributed by atoms with Gasteiger partial charge in [0.2, 0.25) is 0 Å². The van der Waals surface area contributed by atoms with Crippen molar-refractivity contribution in [3.63, 3.8) is 0 Å². The van der Waals surface area contributed by atoms with E-state index in [0.29, 0.717) is 5.92 Å². The summed E-state index contributed by atoms with van der Waals surface area (Å²) in [6.07, 6.45) is 3.58. The van der Waals surface area contributed by atoms with Crippen LogP contribution in [0.5, 0.6) is 0 Å². The SMILES string of the molecule is CC(C)CONC(C)c1ccncc1. The predicted molar refractivity (Wildman–Crippen MR) is 56.6 cm³/mol. The highest BCUT2D eigenvalue weighted by Gasteiger charge is 2.04. The highest BCUT2D eigenvalue weighted by atomic mass is 16.6. The minimum Gasteiger partial charge on any atom is -0.301 e. The Morgan fingerprint density at radius 1 is 1.29 bits per heavy atom. The first kappa shape index (κ1) is 11.1. The Hall–Kier alpha value is -0.930. The van der Waals surface area contributed by atoms with E-state index in [1.807, 2.05) is 12.1 Å². The van der Waals surface area contributed by atoms with Crippen LogP contribution in [-0.4, -0.2) is 11.6 Å². The average Bonchev–Trinajstić information content (AvgIpc) is 2.18. The number of rotatable bonds is 5. The number of nitrogens with zero attached hydrogens (tertiary/aromatic N) is 1. The summed E-state index contributed by atoms with van der Waals surface area (Å²) in [5, 5.41) is 0. The molecule has 0 amide bonds. The van der Waals surface area contributed by atoms with Gasteiger partial charge in [0.15, 0.2) is 0 Å². The molecule has 78 valence electrons. The van der Waals surface area contributed by atoms with Crippen LogP contribution in [0.25, 0.3) is 0 Å². The molecule has 0 radical (unpaired) electrons. The summed E-state index contributed by atoms with van der Waals surface area (Å²) in [5.74, 6) is 0.548. The fourth-order valence-corrected chi connectivity index (χ4v) is 1.06. The van der Waals surface area contributed by atoms with Gasteiger partial charge >= 0.3 is 0 Å². The summed E-state index contributed by atoms with van der Waals surface area (Å²) in [5.41, 5.74) is 4.19. The lowest BCUT2D eigenvalue weighted by molar-refractivity contribution is 0.00408. The van der Waals surface area contributed by atoms with E-state index in [1.165, 1.54) is 5.56 Å². The van der Waals surface area contributed by atoms with Gasteiger partial charge in [0.25, 0.3) is 0 Å². The maximum absolute atomic E-state index is 5.34. The number of pyridine rings is 1. The number of hydrogen-bond acceptors (Lipinski definition) is 3. The third-order valence-corrected chi connectivity index (χ3v) is 1.88. The lowest BCUT2D eigenvalue weighted by Crippen LogP contribution is -2.21. The summed E-state index contributed by atoms with van der Waals surface area (Å²) in [6, 6.07) is 4.17. The maximum atomic E-state index is 5.34. The molecule has 1 aromatic rings. The van der Waals surface area contributed by atoms with E-state index in [-0.39, 0.29) is 6.04 Å². The van der Waals surface area contributed by atoms with Gasteiger partial charge in [0, 0.05) is 12.4 Å². The lowest BCUT2D eigenvalue weighted by Gasteiger charge is -2.14. The van der Waals surface area contributed by atoms with Gasteiger partial charge in [-0.2, -0.15) is 5.48 Å². The van der Waals surface area contributed by atoms with E-state index in [2.05, 4.69) is 31.2 Å². The summed E-state index contributed by atoms with van der Waals surface area (Å²) in [7, 11) is 0. The van der Waals surface area contributed by atoms with Gasteiger partial charge in [-0.15, -0.1) is 0 Å². The molecule has 1 unspecified atom stereocenters. The van der Waals surface area contributed by atoms with Gasteiger partial charge in [-0.05, 0) is 30.5 Å². The normalized spacial score (nSPS) is 13.1. The molecule has 14 heavy (non-hydrogen) atoms. The molecular weight excluding hydrogens is 176 g/mol. The van der Waals surface area contributed by atoms with Gasteiger partial charge in [-0.25, -0.2) is 0 Å². The van der Waals surface area contributed by atoms with Crippen molar-refractivity contribution in [2.24, 2.45) is 5.92 Å². The van der Waals surface area contributed by atoms with Gasteiger partial charge in [0.1, 0.15) is 0 Å². The van der Waals surface area contributed by atoms with Crippen LogP contribution in [0.1, 0.15) is 32.4 Å². The summed E-state index contributed by atoms with van der Waals surface area (Å²) in [6.45, 7) is 7.04. The first-order valence-electron chi connectivity index (χ1n) is 4.97. The van der Waals surface area contributed by atoms with Crippen LogP contribution in [0, 0.1) is 5.92 Å². The molecule has 1 rings (SSSR count). The van der Waals surface area contributed by atoms with E-state index in [9.17, 15) is 0 Å². The summed E-state index contributed by atoms with van der Waals surface area (Å²) < 4.78 is 0. The first-order chi connectivity index (χ1) is 6.70. The van der Waals surface area contributed by atoms with E-state index >= 15 is 0 Å². The van der Waals surface area contributed by atoms with Crippen LogP contribution in [-0.2, 0) is 4.84 Å². The van der Waals surface area contributed by atoms with E-state index in [0.717, 1.165) is 6.61 Å². The molecule has 0 aliphatic carbocycles. The second-order valence-corrected chi connectivity index (χ2v) is 3.82. The molecule has 0 fully saturated rings. The zero-order chi connectivity index (χ0) is 10.4. The van der Waals surface area contributed by atoms with E-state index in [1.54, 1.807) is 12.4 Å². The second-order valence-electron chi connectivity index (χ2n) is 3.82. The third kappa shape index (κ3) is 3.85. The fourth-order valence-electron chi connectivity index (χ4n) is 1.06. The van der Waals surface area contributed by atoms with Crippen molar-refractivity contribution in [1.29, 1.82) is 0 Å². The minimum atomic E-state index is 0.205. The quantitative estimate of drug-likeness (QED) is 0.730. The van der Waals surface area contributed by atoms with Gasteiger partial charge in [-0.3, -0.25) is 4.98 Å². The average molecular weight is 194 g/mol. The van der Waals surface area contributed by atoms with Crippen molar-refractivity contribution in [2.75, 3.05) is 6.61 Å². The summed E-state index contributed by atoms with van der Waals surface area (Å²) >= 11 is 0. The number of aromatic nitrogens is 1. The zero-order valence-electron chi connectivity index (χ0n) is 9.03. The van der Waals surface area contributed by atoms with Gasteiger partial charge < -0.3 is 4.84 Å². The van der Waals surface area contributed by atoms with Crippen molar-refractivity contribution in [3.05, 3.63) is 30.1 Å². The molecule has 0 bridgehead atoms. The molecule has 0 aromatic carbocycles. The molecule has 1 N–H and O–H groups in total. The molecule has 0 aliphatic rings. The Bertz CT molecular complexity index is 249. The molecule has 3 heteroatoms. The van der Waals surface area contributed by atoms with Crippen LogP contribution in [0.3, 0.4) is 0 Å². The monoisotopic (exact) mass is 194 g/mol. The van der Waals surface area contributed by atoms with E-state index < -0.39 is 0 Å². The molecule has 1 heterocycles. The van der Waals surface area contributed by atoms with Gasteiger partial charge in [-0.1, -0.05) is 13.8 Å². The molecule has 1 atom stereocenters. The zero-order valence-corrected chi connectivity index (χ0v) is 9.03. The molecule has 0 saturated carbocycles. The summed E-state index contributed by atoms with van der Waals surface area (Å²) in [4.78, 5) is 9.31. The smallest absolute Gasteiger partial charge is 0.0705 e. The van der Waals surface area contributed by atoms with Crippen molar-refractivity contribution >= 4 is 0 Å². The Balaban J connectivity index is 2.32. The van der Waals surface area contributed by atoms with Crippen molar-refractivity contribution < 1.29 is 4.84 Å². The molecule has 0 aliphatic heterocycles. The van der Waals surface area contributed by atoms with Crippen molar-refractivity contribution in [3.8, 4) is 0 Å². The topological polar surface area (TPSA) is 34.1 Å². The third-order valence-electron chi connectivity index (χ3n) is 1.88. The van der Waals surface area contributed by atoms with E-state index in [4.69, 9.17) is 4.84 Å². The van der Waals surface area contributed by atoms with Crippen molar-refractivity contribution in [1.82, 2.24) is 10.5 Å².